The lowest BCUT2D eigenvalue weighted by Crippen LogP contribution is -2.30. The zero-order valence-corrected chi connectivity index (χ0v) is 7.67. The fourth-order valence-corrected chi connectivity index (χ4v) is 0.894. The first-order chi connectivity index (χ1) is 4.68. The summed E-state index contributed by atoms with van der Waals surface area (Å²) in [6, 6.07) is -0.704. The van der Waals surface area contributed by atoms with Crippen LogP contribution in [0.1, 0.15) is 12.8 Å². The van der Waals surface area contributed by atoms with Crippen molar-refractivity contribution < 1.29 is 9.90 Å². The molecule has 0 aromatic carbocycles. The van der Waals surface area contributed by atoms with Gasteiger partial charge in [0.25, 0.3) is 0 Å². The normalized spacial score (nSPS) is 13.0. The predicted molar refractivity (Wildman–Crippen MR) is 46.9 cm³/mol. The number of rotatable bonds is 5. The maximum atomic E-state index is 10.1. The Balaban J connectivity index is 3.21. The molecule has 0 aromatic heterocycles. The minimum atomic E-state index is -0.923. The topological polar surface area (TPSA) is 75.3 Å². The van der Waals surface area contributed by atoms with Crippen molar-refractivity contribution in [1.29, 1.82) is 0 Å². The molecule has 4 nitrogen and oxygen atoms in total. The summed E-state index contributed by atoms with van der Waals surface area (Å²) in [4.78, 5) is 10.1. The zero-order valence-electron chi connectivity index (χ0n) is 5.51. The Bertz CT molecular complexity index is 110. The average molecular weight is 258 g/mol. The second kappa shape index (κ2) is 5.87. The maximum absolute atomic E-state index is 10.1. The molecule has 0 saturated heterocycles. The highest BCUT2D eigenvalue weighted by atomic mass is 127. The number of carbonyl (C=O) groups is 1. The van der Waals surface area contributed by atoms with Gasteiger partial charge in [-0.25, -0.2) is 0 Å². The monoisotopic (exact) mass is 258 g/mol. The molecule has 10 heavy (non-hydrogen) atoms. The van der Waals surface area contributed by atoms with E-state index in [0.717, 1.165) is 13.0 Å². The van der Waals surface area contributed by atoms with Gasteiger partial charge in [0.15, 0.2) is 0 Å². The van der Waals surface area contributed by atoms with Crippen molar-refractivity contribution in [3.63, 3.8) is 0 Å². The Hall–Kier alpha value is 0.120. The first-order valence-electron chi connectivity index (χ1n) is 3.00. The summed E-state index contributed by atoms with van der Waals surface area (Å²) in [5, 5.41) is 8.33. The standard InChI is InChI=1S/C5H11IN2O2/c6-8-3-1-2-4(7)5(9)10/h4,8H,1-3,7H2,(H,9,10)/t4-/m0/s1. The highest BCUT2D eigenvalue weighted by Gasteiger charge is 2.09. The van der Waals surface area contributed by atoms with Crippen molar-refractivity contribution in [2.45, 2.75) is 18.9 Å². The first kappa shape index (κ1) is 10.1. The quantitative estimate of drug-likeness (QED) is 0.372. The number of halogens is 1. The molecule has 0 aliphatic carbocycles. The average Bonchev–Trinajstić information content (AvgIpc) is 1.88. The van der Waals surface area contributed by atoms with E-state index in [1.54, 1.807) is 0 Å². The third kappa shape index (κ3) is 4.95. The van der Waals surface area contributed by atoms with Crippen molar-refractivity contribution in [3.05, 3.63) is 0 Å². The molecule has 0 amide bonds. The van der Waals surface area contributed by atoms with Crippen molar-refractivity contribution >= 4 is 28.8 Å². The van der Waals surface area contributed by atoms with E-state index < -0.39 is 12.0 Å². The minimum absolute atomic E-state index is 0.533. The van der Waals surface area contributed by atoms with Crippen molar-refractivity contribution in [2.24, 2.45) is 5.73 Å². The van der Waals surface area contributed by atoms with E-state index in [0.29, 0.717) is 6.42 Å². The maximum Gasteiger partial charge on any atom is 0.320 e. The molecule has 5 heteroatoms. The predicted octanol–water partition coefficient (Wildman–Crippen LogP) is 0.118. The molecule has 0 fully saturated rings. The van der Waals surface area contributed by atoms with Crippen LogP contribution in [0.15, 0.2) is 0 Å². The van der Waals surface area contributed by atoms with E-state index in [2.05, 4.69) is 3.53 Å². The van der Waals surface area contributed by atoms with Crippen molar-refractivity contribution in [2.75, 3.05) is 6.54 Å². The Morgan fingerprint density at radius 1 is 1.80 bits per heavy atom. The molecule has 0 aromatic rings. The molecule has 0 bridgehead atoms. The van der Waals surface area contributed by atoms with Gasteiger partial charge < -0.3 is 10.8 Å². The number of aliphatic carboxylic acids is 1. The fraction of sp³-hybridized carbons (Fsp3) is 0.800. The van der Waals surface area contributed by atoms with Gasteiger partial charge in [0.05, 0.1) is 0 Å². The van der Waals surface area contributed by atoms with Gasteiger partial charge in [-0.15, -0.1) is 0 Å². The largest absolute Gasteiger partial charge is 0.480 e. The highest BCUT2D eigenvalue weighted by molar-refractivity contribution is 14.1. The second-order valence-corrected chi connectivity index (χ2v) is 2.73. The van der Waals surface area contributed by atoms with Gasteiger partial charge in [-0.2, -0.15) is 0 Å². The third-order valence-corrected chi connectivity index (χ3v) is 1.64. The Labute approximate surface area is 73.7 Å². The molecule has 0 heterocycles. The van der Waals surface area contributed by atoms with Crippen LogP contribution >= 0.6 is 22.9 Å². The van der Waals surface area contributed by atoms with E-state index >= 15 is 0 Å². The van der Waals surface area contributed by atoms with Gasteiger partial charge in [0.2, 0.25) is 0 Å². The molecule has 0 aliphatic rings. The summed E-state index contributed by atoms with van der Waals surface area (Å²) < 4.78 is 2.88. The van der Waals surface area contributed by atoms with Crippen LogP contribution in [0.3, 0.4) is 0 Å². The van der Waals surface area contributed by atoms with Crippen LogP contribution in [0.5, 0.6) is 0 Å². The molecule has 0 spiro atoms. The SMILES string of the molecule is N[C@@H](CCCNI)C(=O)O. The Kier molecular flexibility index (Phi) is 5.94. The number of carboxylic acid groups (broad SMARTS) is 1. The molecule has 0 unspecified atom stereocenters. The summed E-state index contributed by atoms with van der Waals surface area (Å²) in [7, 11) is 0. The van der Waals surface area contributed by atoms with Gasteiger partial charge >= 0.3 is 5.97 Å². The Morgan fingerprint density at radius 2 is 2.40 bits per heavy atom. The number of carboxylic acids is 1. The van der Waals surface area contributed by atoms with Gasteiger partial charge in [0.1, 0.15) is 6.04 Å². The molecular formula is C5H11IN2O2. The van der Waals surface area contributed by atoms with Crippen LogP contribution in [0.25, 0.3) is 0 Å². The van der Waals surface area contributed by atoms with Gasteiger partial charge in [-0.3, -0.25) is 8.32 Å². The Morgan fingerprint density at radius 3 is 2.80 bits per heavy atom. The first-order valence-corrected chi connectivity index (χ1v) is 4.08. The number of hydrogen-bond donors (Lipinski definition) is 3. The lowest BCUT2D eigenvalue weighted by molar-refractivity contribution is -0.138. The lowest BCUT2D eigenvalue weighted by Gasteiger charge is -2.03. The summed E-state index contributed by atoms with van der Waals surface area (Å²) in [6.07, 6.45) is 1.34. The molecule has 60 valence electrons. The van der Waals surface area contributed by atoms with E-state index in [-0.39, 0.29) is 0 Å². The van der Waals surface area contributed by atoms with Crippen LogP contribution in [0.2, 0.25) is 0 Å². The van der Waals surface area contributed by atoms with E-state index in [4.69, 9.17) is 10.8 Å². The van der Waals surface area contributed by atoms with Crippen molar-refractivity contribution in [1.82, 2.24) is 3.53 Å². The molecule has 0 aliphatic heterocycles. The molecule has 1 atom stereocenters. The summed E-state index contributed by atoms with van der Waals surface area (Å²) in [5.74, 6) is -0.923. The smallest absolute Gasteiger partial charge is 0.320 e. The minimum Gasteiger partial charge on any atom is -0.480 e. The molecule has 0 saturated carbocycles. The molecule has 4 N–H and O–H groups in total. The van der Waals surface area contributed by atoms with Gasteiger partial charge in [0, 0.05) is 29.4 Å². The number of nitrogens with two attached hydrogens (primary N) is 1. The summed E-state index contributed by atoms with van der Waals surface area (Å²) in [5.41, 5.74) is 5.23. The van der Waals surface area contributed by atoms with E-state index in [9.17, 15) is 4.79 Å². The van der Waals surface area contributed by atoms with Crippen LogP contribution in [0.4, 0.5) is 0 Å². The van der Waals surface area contributed by atoms with Crippen molar-refractivity contribution in [3.8, 4) is 0 Å². The van der Waals surface area contributed by atoms with Crippen LogP contribution < -0.4 is 9.26 Å². The lowest BCUT2D eigenvalue weighted by atomic mass is 10.2. The number of hydrogen-bond acceptors (Lipinski definition) is 3. The highest BCUT2D eigenvalue weighted by Crippen LogP contribution is 1.93. The van der Waals surface area contributed by atoms with Crippen LogP contribution in [-0.2, 0) is 4.79 Å². The summed E-state index contributed by atoms with van der Waals surface area (Å²) in [6.45, 7) is 0.807. The van der Waals surface area contributed by atoms with E-state index in [1.165, 1.54) is 0 Å². The van der Waals surface area contributed by atoms with Crippen LogP contribution in [-0.4, -0.2) is 23.7 Å². The van der Waals surface area contributed by atoms with Gasteiger partial charge in [-0.1, -0.05) is 0 Å². The molecule has 0 rings (SSSR count). The number of nitrogens with one attached hydrogen (secondary N) is 1. The zero-order chi connectivity index (χ0) is 7.98. The fourth-order valence-electron chi connectivity index (χ4n) is 0.512. The molecule has 0 radical (unpaired) electrons. The van der Waals surface area contributed by atoms with Crippen LogP contribution in [0, 0.1) is 0 Å². The van der Waals surface area contributed by atoms with E-state index in [1.807, 2.05) is 22.9 Å². The summed E-state index contributed by atoms with van der Waals surface area (Å²) >= 11 is 2.01. The third-order valence-electron chi connectivity index (χ3n) is 1.10. The molecular weight excluding hydrogens is 247 g/mol. The second-order valence-electron chi connectivity index (χ2n) is 1.97. The van der Waals surface area contributed by atoms with Gasteiger partial charge in [-0.05, 0) is 12.8 Å².